The lowest BCUT2D eigenvalue weighted by Crippen LogP contribution is -2.37. The summed E-state index contributed by atoms with van der Waals surface area (Å²) in [5.74, 6) is 0.527. The molecule has 1 aliphatic heterocycles. The molecule has 1 aliphatic rings. The third-order valence-electron chi connectivity index (χ3n) is 5.26. The predicted octanol–water partition coefficient (Wildman–Crippen LogP) is 3.83. The first kappa shape index (κ1) is 18.7. The molecule has 0 aromatic carbocycles. The fourth-order valence-corrected chi connectivity index (χ4v) is 3.77. The highest BCUT2D eigenvalue weighted by Gasteiger charge is 2.36. The fraction of sp³-hybridized carbons (Fsp3) is 0.400. The Labute approximate surface area is 170 Å². The smallest absolute Gasteiger partial charge is 0.319 e. The zero-order valence-electron chi connectivity index (χ0n) is 16.8. The molecular weight excluding hydrogens is 392 g/mol. The summed E-state index contributed by atoms with van der Waals surface area (Å²) in [7, 11) is 0. The van der Waals surface area contributed by atoms with Crippen molar-refractivity contribution >= 4 is 11.5 Å². The number of hydrogen-bond acceptors (Lipinski definition) is 6. The Morgan fingerprint density at radius 2 is 2.07 bits per heavy atom. The van der Waals surface area contributed by atoms with Crippen LogP contribution in [0, 0.1) is 0 Å². The topological polar surface area (TPSA) is 88.1 Å². The average molecular weight is 413 g/mol. The normalized spacial score (nSPS) is 17.1. The van der Waals surface area contributed by atoms with Crippen LogP contribution in [0.2, 0.25) is 0 Å². The van der Waals surface area contributed by atoms with Crippen molar-refractivity contribution in [1.82, 2.24) is 29.8 Å². The second-order valence-electron chi connectivity index (χ2n) is 8.41. The highest BCUT2D eigenvalue weighted by Crippen LogP contribution is 2.37. The number of hydrogen-bond donors (Lipinski definition) is 1. The summed E-state index contributed by atoms with van der Waals surface area (Å²) in [6.45, 7) is 6.59. The Bertz CT molecular complexity index is 1200. The molecule has 8 nitrogen and oxygen atoms in total. The van der Waals surface area contributed by atoms with Gasteiger partial charge in [-0.05, 0) is 18.2 Å². The van der Waals surface area contributed by atoms with Crippen LogP contribution >= 0.6 is 0 Å². The zero-order valence-corrected chi connectivity index (χ0v) is 16.8. The summed E-state index contributed by atoms with van der Waals surface area (Å²) < 4.78 is 34.2. The van der Waals surface area contributed by atoms with Gasteiger partial charge < -0.3 is 14.3 Å². The van der Waals surface area contributed by atoms with E-state index in [1.807, 2.05) is 25.7 Å². The number of aromatic nitrogens is 6. The third-order valence-corrected chi connectivity index (χ3v) is 5.26. The fourth-order valence-electron chi connectivity index (χ4n) is 3.77. The molecule has 0 amide bonds. The van der Waals surface area contributed by atoms with Crippen LogP contribution in [0.1, 0.15) is 61.9 Å². The SMILES string of the molecule is CC(C)(C)c1nnc(N2CCc3[nH]cnc3C2c2cc3cccc(C(F)F)n3n2)o1. The molecule has 0 saturated carbocycles. The first-order valence-electron chi connectivity index (χ1n) is 9.72. The molecule has 0 aliphatic carbocycles. The van der Waals surface area contributed by atoms with Crippen molar-refractivity contribution in [2.24, 2.45) is 0 Å². The van der Waals surface area contributed by atoms with Crippen molar-refractivity contribution < 1.29 is 13.2 Å². The number of halogens is 2. The first-order valence-corrected chi connectivity index (χ1v) is 9.72. The molecule has 10 heteroatoms. The van der Waals surface area contributed by atoms with Crippen LogP contribution in [0.15, 0.2) is 35.0 Å². The summed E-state index contributed by atoms with van der Waals surface area (Å²) in [5, 5.41) is 13.0. The molecule has 4 aromatic rings. The molecule has 1 unspecified atom stereocenters. The van der Waals surface area contributed by atoms with E-state index in [1.165, 1.54) is 10.6 Å². The van der Waals surface area contributed by atoms with E-state index in [2.05, 4.69) is 25.3 Å². The molecule has 5 heterocycles. The number of H-pyrrole nitrogens is 1. The van der Waals surface area contributed by atoms with Gasteiger partial charge in [0.25, 0.3) is 6.43 Å². The summed E-state index contributed by atoms with van der Waals surface area (Å²) in [6, 6.07) is 6.47. The number of nitrogens with one attached hydrogen (secondary N) is 1. The summed E-state index contributed by atoms with van der Waals surface area (Å²) in [4.78, 5) is 9.59. The first-order chi connectivity index (χ1) is 14.3. The van der Waals surface area contributed by atoms with Crippen LogP contribution < -0.4 is 4.90 Å². The van der Waals surface area contributed by atoms with Gasteiger partial charge in [0.1, 0.15) is 11.7 Å². The lowest BCUT2D eigenvalue weighted by Gasteiger charge is -2.32. The van der Waals surface area contributed by atoms with E-state index < -0.39 is 12.5 Å². The van der Waals surface area contributed by atoms with Gasteiger partial charge in [-0.3, -0.25) is 0 Å². The number of alkyl halides is 2. The van der Waals surface area contributed by atoms with Gasteiger partial charge in [-0.1, -0.05) is 31.9 Å². The molecule has 0 fully saturated rings. The van der Waals surface area contributed by atoms with Crippen LogP contribution in [0.5, 0.6) is 0 Å². The summed E-state index contributed by atoms with van der Waals surface area (Å²) >= 11 is 0. The van der Waals surface area contributed by atoms with E-state index in [0.717, 1.165) is 11.4 Å². The third kappa shape index (κ3) is 2.94. The quantitative estimate of drug-likeness (QED) is 0.549. The number of imidazole rings is 1. The molecule has 30 heavy (non-hydrogen) atoms. The van der Waals surface area contributed by atoms with Crippen LogP contribution in [-0.4, -0.2) is 36.3 Å². The second kappa shape index (κ2) is 6.61. The molecule has 1 atom stereocenters. The minimum atomic E-state index is -2.63. The van der Waals surface area contributed by atoms with Crippen LogP contribution in [0.4, 0.5) is 14.8 Å². The van der Waals surface area contributed by atoms with Crippen LogP contribution in [0.3, 0.4) is 0 Å². The second-order valence-corrected chi connectivity index (χ2v) is 8.41. The van der Waals surface area contributed by atoms with E-state index in [-0.39, 0.29) is 11.1 Å². The van der Waals surface area contributed by atoms with Crippen LogP contribution in [-0.2, 0) is 11.8 Å². The van der Waals surface area contributed by atoms with E-state index in [9.17, 15) is 8.78 Å². The number of nitrogens with zero attached hydrogens (tertiary/aromatic N) is 6. The van der Waals surface area contributed by atoms with Gasteiger partial charge in [0.2, 0.25) is 5.89 Å². The van der Waals surface area contributed by atoms with E-state index >= 15 is 0 Å². The van der Waals surface area contributed by atoms with Crippen molar-refractivity contribution in [2.45, 2.75) is 45.1 Å². The minimum Gasteiger partial charge on any atom is -0.407 e. The van der Waals surface area contributed by atoms with Crippen molar-refractivity contribution in [3.8, 4) is 0 Å². The monoisotopic (exact) mass is 413 g/mol. The Morgan fingerprint density at radius 3 is 2.80 bits per heavy atom. The van der Waals surface area contributed by atoms with Gasteiger partial charge in [-0.15, -0.1) is 5.10 Å². The maximum Gasteiger partial charge on any atom is 0.319 e. The molecule has 0 radical (unpaired) electrons. The molecule has 4 aromatic heterocycles. The number of aromatic amines is 1. The van der Waals surface area contributed by atoms with Crippen molar-refractivity contribution in [1.29, 1.82) is 0 Å². The average Bonchev–Trinajstić information content (AvgIpc) is 3.43. The number of fused-ring (bicyclic) bond motifs is 2. The number of anilines is 1. The molecule has 0 bridgehead atoms. The summed E-state index contributed by atoms with van der Waals surface area (Å²) in [6.07, 6.45) is -0.278. The standard InChI is InChI=1S/C20H21F2N7O/c1-20(2,3)18-25-26-19(30-18)28-8-7-12-15(24-10-23-12)16(28)13-9-11-5-4-6-14(17(21)22)29(11)27-13/h4-6,9-10,16-17H,7-8H2,1-3H3,(H,23,24). The maximum atomic E-state index is 13.5. The number of rotatable bonds is 3. The van der Waals surface area contributed by atoms with Crippen molar-refractivity contribution in [3.05, 3.63) is 59.3 Å². The highest BCUT2D eigenvalue weighted by atomic mass is 19.3. The van der Waals surface area contributed by atoms with E-state index in [1.54, 1.807) is 24.5 Å². The van der Waals surface area contributed by atoms with Gasteiger partial charge in [0.05, 0.1) is 23.2 Å². The Balaban J connectivity index is 1.64. The Morgan fingerprint density at radius 1 is 1.23 bits per heavy atom. The zero-order chi connectivity index (χ0) is 21.0. The van der Waals surface area contributed by atoms with Gasteiger partial charge in [-0.25, -0.2) is 18.3 Å². The molecule has 0 spiro atoms. The predicted molar refractivity (Wildman–Crippen MR) is 105 cm³/mol. The lowest BCUT2D eigenvalue weighted by molar-refractivity contribution is 0.143. The molecule has 5 rings (SSSR count). The van der Waals surface area contributed by atoms with Gasteiger partial charge in [0, 0.05) is 24.1 Å². The lowest BCUT2D eigenvalue weighted by atomic mass is 9.97. The van der Waals surface area contributed by atoms with Gasteiger partial charge in [0.15, 0.2) is 0 Å². The van der Waals surface area contributed by atoms with Crippen molar-refractivity contribution in [3.63, 3.8) is 0 Å². The Hall–Kier alpha value is -3.30. The molecular formula is C20H21F2N7O. The summed E-state index contributed by atoms with van der Waals surface area (Å²) in [5.41, 5.74) is 2.49. The van der Waals surface area contributed by atoms with Gasteiger partial charge in [-0.2, -0.15) is 5.10 Å². The number of pyridine rings is 1. The molecule has 156 valence electrons. The highest BCUT2D eigenvalue weighted by molar-refractivity contribution is 5.53. The minimum absolute atomic E-state index is 0.156. The van der Waals surface area contributed by atoms with Crippen molar-refractivity contribution in [2.75, 3.05) is 11.4 Å². The van der Waals surface area contributed by atoms with E-state index in [4.69, 9.17) is 4.42 Å². The maximum absolute atomic E-state index is 13.5. The van der Waals surface area contributed by atoms with Crippen LogP contribution in [0.25, 0.3) is 5.52 Å². The molecule has 0 saturated heterocycles. The largest absolute Gasteiger partial charge is 0.407 e. The van der Waals surface area contributed by atoms with Gasteiger partial charge >= 0.3 is 6.01 Å². The Kier molecular flexibility index (Phi) is 4.12. The molecule has 1 N–H and O–H groups in total. The van der Waals surface area contributed by atoms with E-state index in [0.29, 0.717) is 36.1 Å².